The molecule has 0 bridgehead atoms. The number of aromatic carboxylic acids is 1. The third-order valence-electron chi connectivity index (χ3n) is 1.76. The largest absolute Gasteiger partial charge is 0.494 e. The second-order valence-corrected chi connectivity index (χ2v) is 2.69. The Morgan fingerprint density at radius 2 is 2.43 bits per heavy atom. The number of hydrogen-bond donors (Lipinski definition) is 1. The average Bonchev–Trinajstić information content (AvgIpc) is 2.47. The van der Waals surface area contributed by atoms with Crippen LogP contribution in [-0.2, 0) is 11.8 Å². The van der Waals surface area contributed by atoms with E-state index in [1.807, 2.05) is 6.92 Å². The van der Waals surface area contributed by atoms with E-state index >= 15 is 0 Å². The monoisotopic (exact) mass is 196 g/mol. The highest BCUT2D eigenvalue weighted by Crippen LogP contribution is 2.17. The molecule has 0 saturated heterocycles. The van der Waals surface area contributed by atoms with Crippen LogP contribution in [0.3, 0.4) is 0 Å². The molecule has 0 aliphatic rings. The van der Waals surface area contributed by atoms with Crippen molar-refractivity contribution in [2.45, 2.75) is 6.92 Å². The van der Waals surface area contributed by atoms with Gasteiger partial charge in [0, 0.05) is 7.05 Å². The van der Waals surface area contributed by atoms with E-state index in [4.69, 9.17) is 9.84 Å². The first-order valence-electron chi connectivity index (χ1n) is 4.15. The van der Waals surface area contributed by atoms with Gasteiger partial charge in [0.25, 0.3) is 0 Å². The Hall–Kier alpha value is -1.78. The zero-order valence-corrected chi connectivity index (χ0v) is 8.15. The number of ether oxygens (including phenoxy) is 1. The quantitative estimate of drug-likeness (QED) is 0.733. The lowest BCUT2D eigenvalue weighted by Crippen LogP contribution is -2.08. The van der Waals surface area contributed by atoms with Gasteiger partial charge in [-0.05, 0) is 6.92 Å². The van der Waals surface area contributed by atoms with Crippen LogP contribution in [0.25, 0.3) is 5.76 Å². The maximum absolute atomic E-state index is 10.9. The Kier molecular flexibility index (Phi) is 2.91. The summed E-state index contributed by atoms with van der Waals surface area (Å²) in [4.78, 5) is 10.9. The SMILES string of the molecule is C=C(OCC)c1cnn(C)c1C(=O)O. The van der Waals surface area contributed by atoms with Gasteiger partial charge >= 0.3 is 5.97 Å². The van der Waals surface area contributed by atoms with Crippen molar-refractivity contribution >= 4 is 11.7 Å². The van der Waals surface area contributed by atoms with Crippen molar-refractivity contribution in [1.29, 1.82) is 0 Å². The summed E-state index contributed by atoms with van der Waals surface area (Å²) in [7, 11) is 1.56. The maximum atomic E-state index is 10.9. The summed E-state index contributed by atoms with van der Waals surface area (Å²) in [5.41, 5.74) is 0.505. The molecule has 0 fully saturated rings. The highest BCUT2D eigenvalue weighted by Gasteiger charge is 2.18. The number of aryl methyl sites for hydroxylation is 1. The summed E-state index contributed by atoms with van der Waals surface area (Å²) in [6, 6.07) is 0. The molecular weight excluding hydrogens is 184 g/mol. The maximum Gasteiger partial charge on any atom is 0.354 e. The second kappa shape index (κ2) is 3.95. The number of rotatable bonds is 4. The third-order valence-corrected chi connectivity index (χ3v) is 1.76. The van der Waals surface area contributed by atoms with Gasteiger partial charge in [-0.15, -0.1) is 0 Å². The predicted molar refractivity (Wildman–Crippen MR) is 50.8 cm³/mol. The standard InChI is InChI=1S/C9H12N2O3/c1-4-14-6(2)7-5-10-11(3)8(7)9(12)13/h5H,2,4H2,1,3H3,(H,12,13). The molecular formula is C9H12N2O3. The van der Waals surface area contributed by atoms with Gasteiger partial charge in [-0.1, -0.05) is 6.58 Å². The molecule has 0 saturated carbocycles. The summed E-state index contributed by atoms with van der Waals surface area (Å²) in [5.74, 6) is -0.709. The van der Waals surface area contributed by atoms with Gasteiger partial charge in [0.05, 0.1) is 18.4 Å². The molecule has 1 rings (SSSR count). The van der Waals surface area contributed by atoms with Crippen LogP contribution in [0.1, 0.15) is 23.0 Å². The summed E-state index contributed by atoms with van der Waals surface area (Å²) >= 11 is 0. The van der Waals surface area contributed by atoms with E-state index in [0.717, 1.165) is 0 Å². The number of carboxylic acids is 1. The normalized spacial score (nSPS) is 9.86. The number of nitrogens with zero attached hydrogens (tertiary/aromatic N) is 2. The molecule has 0 aliphatic carbocycles. The van der Waals surface area contributed by atoms with Crippen LogP contribution < -0.4 is 0 Å². The van der Waals surface area contributed by atoms with Crippen LogP contribution in [-0.4, -0.2) is 27.5 Å². The zero-order valence-electron chi connectivity index (χ0n) is 8.15. The molecule has 0 aliphatic heterocycles. The van der Waals surface area contributed by atoms with Crippen molar-refractivity contribution in [3.05, 3.63) is 24.0 Å². The molecule has 76 valence electrons. The lowest BCUT2D eigenvalue weighted by molar-refractivity contribution is 0.0684. The molecule has 5 heteroatoms. The van der Waals surface area contributed by atoms with Gasteiger partial charge in [0.1, 0.15) is 5.76 Å². The fourth-order valence-corrected chi connectivity index (χ4v) is 1.15. The molecule has 0 unspecified atom stereocenters. The minimum absolute atomic E-state index is 0.0865. The fourth-order valence-electron chi connectivity index (χ4n) is 1.15. The lowest BCUT2D eigenvalue weighted by atomic mass is 10.2. The van der Waals surface area contributed by atoms with Gasteiger partial charge in [-0.3, -0.25) is 4.68 Å². The van der Waals surface area contributed by atoms with Crippen LogP contribution in [0.5, 0.6) is 0 Å². The Morgan fingerprint density at radius 1 is 1.79 bits per heavy atom. The summed E-state index contributed by atoms with van der Waals surface area (Å²) in [5, 5.41) is 12.7. The van der Waals surface area contributed by atoms with Gasteiger partial charge in [0.15, 0.2) is 5.69 Å². The van der Waals surface area contributed by atoms with Crippen LogP contribution in [0.15, 0.2) is 12.8 Å². The van der Waals surface area contributed by atoms with E-state index in [0.29, 0.717) is 17.9 Å². The van der Waals surface area contributed by atoms with E-state index in [1.54, 1.807) is 7.05 Å². The van der Waals surface area contributed by atoms with E-state index < -0.39 is 5.97 Å². The molecule has 14 heavy (non-hydrogen) atoms. The molecule has 1 aromatic rings. The second-order valence-electron chi connectivity index (χ2n) is 2.69. The van der Waals surface area contributed by atoms with E-state index in [2.05, 4.69) is 11.7 Å². The molecule has 0 amide bonds. The fraction of sp³-hybridized carbons (Fsp3) is 0.333. The van der Waals surface area contributed by atoms with E-state index in [-0.39, 0.29) is 5.69 Å². The zero-order chi connectivity index (χ0) is 10.7. The highest BCUT2D eigenvalue weighted by molar-refractivity contribution is 5.91. The van der Waals surface area contributed by atoms with Crippen molar-refractivity contribution in [3.8, 4) is 0 Å². The van der Waals surface area contributed by atoms with Crippen molar-refractivity contribution in [1.82, 2.24) is 9.78 Å². The van der Waals surface area contributed by atoms with Gasteiger partial charge < -0.3 is 9.84 Å². The smallest absolute Gasteiger partial charge is 0.354 e. The molecule has 1 N–H and O–H groups in total. The summed E-state index contributed by atoms with van der Waals surface area (Å²) in [6.07, 6.45) is 1.43. The molecule has 0 spiro atoms. The van der Waals surface area contributed by atoms with E-state index in [9.17, 15) is 4.79 Å². The van der Waals surface area contributed by atoms with Crippen molar-refractivity contribution in [3.63, 3.8) is 0 Å². The molecule has 1 heterocycles. The Labute approximate surface area is 81.6 Å². The van der Waals surface area contributed by atoms with Gasteiger partial charge in [-0.25, -0.2) is 4.79 Å². The molecule has 0 radical (unpaired) electrons. The average molecular weight is 196 g/mol. The van der Waals surface area contributed by atoms with E-state index in [1.165, 1.54) is 10.9 Å². The molecule has 1 aromatic heterocycles. The minimum Gasteiger partial charge on any atom is -0.494 e. The highest BCUT2D eigenvalue weighted by atomic mass is 16.5. The first-order chi connectivity index (χ1) is 6.57. The first kappa shape index (κ1) is 10.3. The number of carbonyl (C=O) groups is 1. The Bertz CT molecular complexity index is 368. The number of aromatic nitrogens is 2. The minimum atomic E-state index is -1.04. The summed E-state index contributed by atoms with van der Waals surface area (Å²) < 4.78 is 6.40. The lowest BCUT2D eigenvalue weighted by Gasteiger charge is -2.05. The van der Waals surface area contributed by atoms with Gasteiger partial charge in [-0.2, -0.15) is 5.10 Å². The predicted octanol–water partition coefficient (Wildman–Crippen LogP) is 1.13. The topological polar surface area (TPSA) is 64.4 Å². The van der Waals surface area contributed by atoms with Crippen LogP contribution >= 0.6 is 0 Å². The number of hydrogen-bond acceptors (Lipinski definition) is 3. The van der Waals surface area contributed by atoms with Gasteiger partial charge in [0.2, 0.25) is 0 Å². The van der Waals surface area contributed by atoms with Crippen LogP contribution in [0.2, 0.25) is 0 Å². The molecule has 0 atom stereocenters. The first-order valence-corrected chi connectivity index (χ1v) is 4.15. The molecule has 5 nitrogen and oxygen atoms in total. The van der Waals surface area contributed by atoms with Crippen molar-refractivity contribution < 1.29 is 14.6 Å². The Balaban J connectivity index is 3.09. The van der Waals surface area contributed by atoms with Crippen molar-refractivity contribution in [2.24, 2.45) is 7.05 Å². The number of carboxylic acid groups (broad SMARTS) is 1. The van der Waals surface area contributed by atoms with Crippen LogP contribution in [0.4, 0.5) is 0 Å². The van der Waals surface area contributed by atoms with Crippen LogP contribution in [0, 0.1) is 0 Å². The molecule has 0 aromatic carbocycles. The third kappa shape index (κ3) is 1.76. The summed E-state index contributed by atoms with van der Waals surface area (Å²) in [6.45, 7) is 5.89. The Morgan fingerprint density at radius 3 is 2.93 bits per heavy atom. The van der Waals surface area contributed by atoms with Crippen molar-refractivity contribution in [2.75, 3.05) is 6.61 Å².